The van der Waals surface area contributed by atoms with Crippen molar-refractivity contribution < 1.29 is 14.3 Å². The molecule has 0 aliphatic rings. The van der Waals surface area contributed by atoms with E-state index < -0.39 is 0 Å². The number of rotatable bonds is 7. The first-order valence-electron chi connectivity index (χ1n) is 7.58. The van der Waals surface area contributed by atoms with Crippen LogP contribution in [0.5, 0.6) is 5.75 Å². The number of carbonyl (C=O) groups is 2. The molecule has 4 nitrogen and oxygen atoms in total. The lowest BCUT2D eigenvalue weighted by Crippen LogP contribution is -2.23. The van der Waals surface area contributed by atoms with Gasteiger partial charge in [-0.1, -0.05) is 24.3 Å². The van der Waals surface area contributed by atoms with Gasteiger partial charge in [0.15, 0.2) is 5.78 Å². The molecule has 0 saturated carbocycles. The minimum absolute atomic E-state index is 0.0429. The standard InChI is InChI=1S/C19H21NO3/c1-14-5-3-4-6-16(14)13-20-19(22)12-11-18(21)15-7-9-17(23-2)10-8-15/h3-10H,11-13H2,1-2H3,(H,20,22). The number of Topliss-reactive ketones (excluding diaryl/α,β-unsaturated/α-hetero) is 1. The highest BCUT2D eigenvalue weighted by molar-refractivity contribution is 5.98. The highest BCUT2D eigenvalue weighted by Gasteiger charge is 2.09. The zero-order valence-corrected chi connectivity index (χ0v) is 13.5. The number of amides is 1. The molecule has 0 aliphatic heterocycles. The van der Waals surface area contributed by atoms with Crippen molar-refractivity contribution in [3.8, 4) is 5.75 Å². The first kappa shape index (κ1) is 16.7. The Labute approximate surface area is 136 Å². The quantitative estimate of drug-likeness (QED) is 0.798. The molecule has 0 atom stereocenters. The molecule has 0 radical (unpaired) electrons. The van der Waals surface area contributed by atoms with E-state index in [9.17, 15) is 9.59 Å². The van der Waals surface area contributed by atoms with Crippen LogP contribution in [-0.2, 0) is 11.3 Å². The number of carbonyl (C=O) groups excluding carboxylic acids is 2. The van der Waals surface area contributed by atoms with E-state index in [0.29, 0.717) is 17.9 Å². The Morgan fingerprint density at radius 3 is 2.35 bits per heavy atom. The summed E-state index contributed by atoms with van der Waals surface area (Å²) in [5, 5.41) is 2.85. The third kappa shape index (κ3) is 4.95. The number of hydrogen-bond acceptors (Lipinski definition) is 3. The van der Waals surface area contributed by atoms with Gasteiger partial charge in [0.25, 0.3) is 0 Å². The molecular formula is C19H21NO3. The van der Waals surface area contributed by atoms with E-state index in [1.165, 1.54) is 0 Å². The molecule has 4 heteroatoms. The largest absolute Gasteiger partial charge is 0.497 e. The summed E-state index contributed by atoms with van der Waals surface area (Å²) < 4.78 is 5.06. The van der Waals surface area contributed by atoms with Gasteiger partial charge in [-0.15, -0.1) is 0 Å². The summed E-state index contributed by atoms with van der Waals surface area (Å²) in [6, 6.07) is 14.8. The van der Waals surface area contributed by atoms with Crippen molar-refractivity contribution >= 4 is 11.7 Å². The van der Waals surface area contributed by atoms with E-state index >= 15 is 0 Å². The summed E-state index contributed by atoms with van der Waals surface area (Å²) in [7, 11) is 1.58. The van der Waals surface area contributed by atoms with Gasteiger partial charge in [0.2, 0.25) is 5.91 Å². The van der Waals surface area contributed by atoms with Crippen molar-refractivity contribution in [1.82, 2.24) is 5.32 Å². The summed E-state index contributed by atoms with van der Waals surface area (Å²) in [6.45, 7) is 2.50. The maximum Gasteiger partial charge on any atom is 0.220 e. The number of benzene rings is 2. The van der Waals surface area contributed by atoms with E-state index in [4.69, 9.17) is 4.74 Å². The van der Waals surface area contributed by atoms with Gasteiger partial charge >= 0.3 is 0 Å². The van der Waals surface area contributed by atoms with Gasteiger partial charge in [0.1, 0.15) is 5.75 Å². The first-order valence-corrected chi connectivity index (χ1v) is 7.58. The number of ketones is 1. The minimum Gasteiger partial charge on any atom is -0.497 e. The van der Waals surface area contributed by atoms with Gasteiger partial charge in [-0.3, -0.25) is 9.59 Å². The normalized spacial score (nSPS) is 10.2. The second-order valence-corrected chi connectivity index (χ2v) is 5.35. The van der Waals surface area contributed by atoms with Crippen LogP contribution in [0.4, 0.5) is 0 Å². The Morgan fingerprint density at radius 2 is 1.70 bits per heavy atom. The van der Waals surface area contributed by atoms with Crippen molar-refractivity contribution in [2.45, 2.75) is 26.3 Å². The Bertz CT molecular complexity index is 677. The summed E-state index contributed by atoms with van der Waals surface area (Å²) in [6.07, 6.45) is 0.392. The predicted octanol–water partition coefficient (Wildman–Crippen LogP) is 3.28. The van der Waals surface area contributed by atoms with E-state index in [-0.39, 0.29) is 24.5 Å². The molecule has 0 saturated heterocycles. The van der Waals surface area contributed by atoms with Crippen LogP contribution in [0.1, 0.15) is 34.3 Å². The van der Waals surface area contributed by atoms with Crippen LogP contribution in [-0.4, -0.2) is 18.8 Å². The number of ether oxygens (including phenoxy) is 1. The highest BCUT2D eigenvalue weighted by Crippen LogP contribution is 2.13. The van der Waals surface area contributed by atoms with Gasteiger partial charge in [0, 0.05) is 24.9 Å². The lowest BCUT2D eigenvalue weighted by molar-refractivity contribution is -0.121. The second-order valence-electron chi connectivity index (χ2n) is 5.35. The zero-order chi connectivity index (χ0) is 16.7. The summed E-state index contributed by atoms with van der Waals surface area (Å²) in [5.74, 6) is 0.548. The molecule has 1 amide bonds. The fourth-order valence-electron chi connectivity index (χ4n) is 2.24. The molecule has 23 heavy (non-hydrogen) atoms. The summed E-state index contributed by atoms with van der Waals surface area (Å²) in [5.41, 5.74) is 2.82. The van der Waals surface area contributed by atoms with Crippen LogP contribution < -0.4 is 10.1 Å². The third-order valence-electron chi connectivity index (χ3n) is 3.73. The van der Waals surface area contributed by atoms with Crippen molar-refractivity contribution in [3.63, 3.8) is 0 Å². The topological polar surface area (TPSA) is 55.4 Å². The Kier molecular flexibility index (Phi) is 5.92. The van der Waals surface area contributed by atoms with Crippen LogP contribution >= 0.6 is 0 Å². The average molecular weight is 311 g/mol. The molecule has 2 aromatic carbocycles. The minimum atomic E-state index is -0.116. The van der Waals surface area contributed by atoms with Crippen LogP contribution in [0, 0.1) is 6.92 Å². The maximum absolute atomic E-state index is 12.1. The Balaban J connectivity index is 1.79. The average Bonchev–Trinajstić information content (AvgIpc) is 2.59. The molecule has 2 aromatic rings. The van der Waals surface area contributed by atoms with E-state index in [0.717, 1.165) is 11.1 Å². The fraction of sp³-hybridized carbons (Fsp3) is 0.263. The molecule has 0 unspecified atom stereocenters. The van der Waals surface area contributed by atoms with Crippen LogP contribution in [0.3, 0.4) is 0 Å². The number of aryl methyl sites for hydroxylation is 1. The van der Waals surface area contributed by atoms with Gasteiger partial charge < -0.3 is 10.1 Å². The molecule has 0 heterocycles. The van der Waals surface area contributed by atoms with Crippen molar-refractivity contribution in [3.05, 3.63) is 65.2 Å². The SMILES string of the molecule is COc1ccc(C(=O)CCC(=O)NCc2ccccc2C)cc1. The second kappa shape index (κ2) is 8.13. The predicted molar refractivity (Wildman–Crippen MR) is 89.6 cm³/mol. The van der Waals surface area contributed by atoms with Crippen LogP contribution in [0.25, 0.3) is 0 Å². The first-order chi connectivity index (χ1) is 11.1. The van der Waals surface area contributed by atoms with Crippen molar-refractivity contribution in [2.24, 2.45) is 0 Å². The lowest BCUT2D eigenvalue weighted by Gasteiger charge is -2.08. The molecular weight excluding hydrogens is 290 g/mol. The third-order valence-corrected chi connectivity index (χ3v) is 3.73. The zero-order valence-electron chi connectivity index (χ0n) is 13.5. The maximum atomic E-state index is 12.1. The number of hydrogen-bond donors (Lipinski definition) is 1. The Hall–Kier alpha value is -2.62. The highest BCUT2D eigenvalue weighted by atomic mass is 16.5. The molecule has 0 fully saturated rings. The molecule has 1 N–H and O–H groups in total. The molecule has 0 aliphatic carbocycles. The van der Waals surface area contributed by atoms with Crippen molar-refractivity contribution in [2.75, 3.05) is 7.11 Å². The smallest absolute Gasteiger partial charge is 0.220 e. The summed E-state index contributed by atoms with van der Waals surface area (Å²) in [4.78, 5) is 23.9. The summed E-state index contributed by atoms with van der Waals surface area (Å²) >= 11 is 0. The van der Waals surface area contributed by atoms with Gasteiger partial charge in [-0.05, 0) is 42.3 Å². The van der Waals surface area contributed by atoms with Gasteiger partial charge in [-0.25, -0.2) is 0 Å². The van der Waals surface area contributed by atoms with Crippen LogP contribution in [0.2, 0.25) is 0 Å². The molecule has 120 valence electrons. The van der Waals surface area contributed by atoms with Gasteiger partial charge in [-0.2, -0.15) is 0 Å². The molecule has 0 aromatic heterocycles. The molecule has 0 bridgehead atoms. The monoisotopic (exact) mass is 311 g/mol. The van der Waals surface area contributed by atoms with Crippen LogP contribution in [0.15, 0.2) is 48.5 Å². The molecule has 2 rings (SSSR count). The number of nitrogens with one attached hydrogen (secondary N) is 1. The lowest BCUT2D eigenvalue weighted by atomic mass is 10.1. The number of methoxy groups -OCH3 is 1. The molecule has 0 spiro atoms. The van der Waals surface area contributed by atoms with E-state index in [1.54, 1.807) is 31.4 Å². The Morgan fingerprint density at radius 1 is 1.00 bits per heavy atom. The van der Waals surface area contributed by atoms with E-state index in [2.05, 4.69) is 5.32 Å². The van der Waals surface area contributed by atoms with Gasteiger partial charge in [0.05, 0.1) is 7.11 Å². The fourth-order valence-corrected chi connectivity index (χ4v) is 2.24. The van der Waals surface area contributed by atoms with Crippen molar-refractivity contribution in [1.29, 1.82) is 0 Å². The van der Waals surface area contributed by atoms with E-state index in [1.807, 2.05) is 31.2 Å².